The van der Waals surface area contributed by atoms with E-state index in [0.29, 0.717) is 25.4 Å². The largest absolute Gasteiger partial charge is 0.487 e. The number of hydrogen-bond donors (Lipinski definition) is 2. The Labute approximate surface area is 283 Å². The summed E-state index contributed by atoms with van der Waals surface area (Å²) in [5, 5.41) is 28.3. The fraction of sp³-hybridized carbons (Fsp3) is 0.500. The number of fused-ring (bicyclic) bond motifs is 1. The zero-order valence-electron chi connectivity index (χ0n) is 26.9. The first kappa shape index (κ1) is 35.6. The highest BCUT2D eigenvalue weighted by molar-refractivity contribution is 7.89. The summed E-state index contributed by atoms with van der Waals surface area (Å²) < 4.78 is 51.2. The second-order valence-electron chi connectivity index (χ2n) is 12.2. The number of non-ortho nitro benzene ring substituents is 1. The molecule has 16 heteroatoms. The number of aliphatic hydroxyl groups is 1. The number of hydrogen-bond acceptors (Lipinski definition) is 12. The summed E-state index contributed by atoms with van der Waals surface area (Å²) in [5.74, 6) is 0.403. The van der Waals surface area contributed by atoms with Crippen LogP contribution in [0.3, 0.4) is 0 Å². The molecular weight excluding hydrogens is 665 g/mol. The predicted molar refractivity (Wildman–Crippen MR) is 175 cm³/mol. The molecule has 2 unspecified atom stereocenters. The summed E-state index contributed by atoms with van der Waals surface area (Å²) in [6.07, 6.45) is -2.24. The van der Waals surface area contributed by atoms with Crippen molar-refractivity contribution >= 4 is 33.1 Å². The lowest BCUT2D eigenvalue weighted by Crippen LogP contribution is -2.51. The molecule has 48 heavy (non-hydrogen) atoms. The molecule has 0 saturated carbocycles. The number of amides is 1. The van der Waals surface area contributed by atoms with Gasteiger partial charge >= 0.3 is 6.09 Å². The van der Waals surface area contributed by atoms with Gasteiger partial charge in [0.05, 0.1) is 51.8 Å². The van der Waals surface area contributed by atoms with E-state index < -0.39 is 45.6 Å². The minimum atomic E-state index is -4.17. The van der Waals surface area contributed by atoms with E-state index in [1.54, 1.807) is 35.6 Å². The topological polar surface area (TPSA) is 180 Å². The maximum atomic E-state index is 13.7. The van der Waals surface area contributed by atoms with Crippen molar-refractivity contribution in [3.05, 3.63) is 80.3 Å². The number of sulfonamides is 1. The van der Waals surface area contributed by atoms with Gasteiger partial charge in [0.25, 0.3) is 5.69 Å². The second kappa shape index (κ2) is 15.7. The summed E-state index contributed by atoms with van der Waals surface area (Å²) >= 11 is 1.54. The fourth-order valence-electron chi connectivity index (χ4n) is 5.66. The molecule has 0 bridgehead atoms. The molecule has 14 nitrogen and oxygen atoms in total. The Morgan fingerprint density at radius 2 is 1.90 bits per heavy atom. The molecule has 2 aliphatic rings. The monoisotopic (exact) mass is 704 g/mol. The molecule has 2 aliphatic heterocycles. The number of carbonyl (C=O) groups is 1. The van der Waals surface area contributed by atoms with Crippen molar-refractivity contribution in [1.82, 2.24) is 14.6 Å². The van der Waals surface area contributed by atoms with Crippen LogP contribution in [0.1, 0.15) is 36.5 Å². The number of rotatable bonds is 15. The van der Waals surface area contributed by atoms with E-state index in [1.807, 2.05) is 26.2 Å². The van der Waals surface area contributed by atoms with Crippen LogP contribution in [0.15, 0.2) is 58.8 Å². The third-order valence-corrected chi connectivity index (χ3v) is 10.8. The molecule has 2 saturated heterocycles. The number of nitrogens with one attached hydrogen (secondary N) is 1. The van der Waals surface area contributed by atoms with Crippen LogP contribution < -0.4 is 10.1 Å². The molecule has 3 aromatic rings. The van der Waals surface area contributed by atoms with Crippen LogP contribution in [0.5, 0.6) is 5.75 Å². The second-order valence-corrected chi connectivity index (χ2v) is 15.2. The first-order chi connectivity index (χ1) is 22.9. The number of nitro benzene ring substituents is 1. The van der Waals surface area contributed by atoms with Crippen LogP contribution in [-0.4, -0.2) is 84.7 Å². The van der Waals surface area contributed by atoms with E-state index >= 15 is 0 Å². The molecule has 260 valence electrons. The van der Waals surface area contributed by atoms with Gasteiger partial charge in [-0.1, -0.05) is 26.0 Å². The van der Waals surface area contributed by atoms with Gasteiger partial charge in [0.15, 0.2) is 6.29 Å². The van der Waals surface area contributed by atoms with Gasteiger partial charge in [-0.25, -0.2) is 18.2 Å². The Balaban J connectivity index is 1.32. The normalized spacial score (nSPS) is 20.4. The zero-order valence-corrected chi connectivity index (χ0v) is 28.5. The summed E-state index contributed by atoms with van der Waals surface area (Å²) in [4.78, 5) is 27.9. The molecule has 2 aromatic carbocycles. The van der Waals surface area contributed by atoms with E-state index in [9.17, 15) is 28.4 Å². The van der Waals surface area contributed by atoms with Gasteiger partial charge in [-0.2, -0.15) is 4.31 Å². The number of aromatic nitrogens is 1. The van der Waals surface area contributed by atoms with E-state index in [1.165, 1.54) is 12.1 Å². The Kier molecular flexibility index (Phi) is 11.7. The fourth-order valence-corrected chi connectivity index (χ4v) is 7.88. The summed E-state index contributed by atoms with van der Waals surface area (Å²) in [7, 11) is -4.17. The quantitative estimate of drug-likeness (QED) is 0.172. The van der Waals surface area contributed by atoms with Crippen LogP contribution in [0, 0.1) is 28.9 Å². The lowest BCUT2D eigenvalue weighted by atomic mass is 10.0. The van der Waals surface area contributed by atoms with Crippen LogP contribution in [0.4, 0.5) is 10.5 Å². The summed E-state index contributed by atoms with van der Waals surface area (Å²) in [6, 6.07) is 10.8. The molecule has 0 aliphatic carbocycles. The summed E-state index contributed by atoms with van der Waals surface area (Å²) in [6.45, 7) is 6.30. The Bertz CT molecular complexity index is 1650. The lowest BCUT2D eigenvalue weighted by Gasteiger charge is -2.31. The molecule has 5 atom stereocenters. The number of thiazole rings is 1. The molecule has 2 N–H and O–H groups in total. The van der Waals surface area contributed by atoms with Gasteiger partial charge in [0, 0.05) is 30.6 Å². The Hall–Kier alpha value is -3.67. The standard InChI is InChI=1S/C32H40N4O10S2/c1-20(2)15-35(48(41,42)26-10-6-24(7-11-26)36(39)40)16-29(37)28(34-32(38)46-30-18-45-31-27(30)12-13-43-31)14-22-4-8-25(9-5-22)44-17-23-19-47-21(3)33-23/h4-11,19-20,27-31,37H,12-18H2,1-3H3,(H,34,38)/t27?,28-,29+,30-,31?/m0/s1. The Morgan fingerprint density at radius 1 is 1.17 bits per heavy atom. The number of nitrogens with zero attached hydrogens (tertiary/aromatic N) is 3. The molecule has 0 spiro atoms. The van der Waals surface area contributed by atoms with Gasteiger partial charge in [-0.15, -0.1) is 11.3 Å². The average Bonchev–Trinajstić information content (AvgIpc) is 3.79. The minimum Gasteiger partial charge on any atom is -0.487 e. The van der Waals surface area contributed by atoms with E-state index in [-0.39, 0.29) is 48.5 Å². The van der Waals surface area contributed by atoms with Crippen LogP contribution in [0.25, 0.3) is 0 Å². The molecule has 1 amide bonds. The van der Waals surface area contributed by atoms with Crippen LogP contribution in [0.2, 0.25) is 0 Å². The number of benzene rings is 2. The number of aryl methyl sites for hydroxylation is 1. The van der Waals surface area contributed by atoms with Crippen molar-refractivity contribution in [2.24, 2.45) is 11.8 Å². The first-order valence-corrected chi connectivity index (χ1v) is 18.0. The third-order valence-electron chi connectivity index (χ3n) is 8.09. The number of aliphatic hydroxyl groups excluding tert-OH is 1. The highest BCUT2D eigenvalue weighted by Gasteiger charge is 2.44. The Morgan fingerprint density at radius 3 is 2.54 bits per heavy atom. The molecule has 3 heterocycles. The van der Waals surface area contributed by atoms with Gasteiger partial charge in [-0.3, -0.25) is 10.1 Å². The summed E-state index contributed by atoms with van der Waals surface area (Å²) in [5.41, 5.74) is 1.33. The van der Waals surface area contributed by atoms with Crippen molar-refractivity contribution in [3.8, 4) is 5.75 Å². The van der Waals surface area contributed by atoms with Gasteiger partial charge in [0.1, 0.15) is 18.5 Å². The smallest absolute Gasteiger partial charge is 0.407 e. The number of nitro groups is 1. The SMILES string of the molecule is Cc1nc(COc2ccc(C[C@H](NC(=O)O[C@H]3COC4OCCC43)[C@H](O)CN(CC(C)C)S(=O)(=O)c3ccc([N+](=O)[O-])cc3)cc2)cs1. The van der Waals surface area contributed by atoms with Gasteiger partial charge in [-0.05, 0) is 55.5 Å². The molecular formula is C32H40N4O10S2. The van der Waals surface area contributed by atoms with Crippen molar-refractivity contribution in [2.45, 2.75) is 69.7 Å². The number of ether oxygens (including phenoxy) is 4. The number of alkyl carbamates (subject to hydrolysis) is 1. The van der Waals surface area contributed by atoms with Crippen molar-refractivity contribution in [3.63, 3.8) is 0 Å². The zero-order chi connectivity index (χ0) is 34.4. The first-order valence-electron chi connectivity index (χ1n) is 15.6. The van der Waals surface area contributed by atoms with E-state index in [2.05, 4.69) is 10.3 Å². The van der Waals surface area contributed by atoms with Crippen molar-refractivity contribution < 1.29 is 42.2 Å². The lowest BCUT2D eigenvalue weighted by molar-refractivity contribution is -0.384. The maximum absolute atomic E-state index is 13.7. The van der Waals surface area contributed by atoms with Gasteiger partial charge < -0.3 is 29.4 Å². The highest BCUT2D eigenvalue weighted by atomic mass is 32.2. The molecule has 0 radical (unpaired) electrons. The van der Waals surface area contributed by atoms with Crippen LogP contribution >= 0.6 is 11.3 Å². The van der Waals surface area contributed by atoms with Crippen molar-refractivity contribution in [1.29, 1.82) is 0 Å². The number of carbonyl (C=O) groups excluding carboxylic acids is 1. The molecule has 2 fully saturated rings. The van der Waals surface area contributed by atoms with Gasteiger partial charge in [0.2, 0.25) is 10.0 Å². The molecule has 5 rings (SSSR count). The van der Waals surface area contributed by atoms with Crippen LogP contribution in [-0.2, 0) is 37.3 Å². The highest BCUT2D eigenvalue weighted by Crippen LogP contribution is 2.33. The minimum absolute atomic E-state index is 0.0561. The predicted octanol–water partition coefficient (Wildman–Crippen LogP) is 4.05. The molecule has 1 aromatic heterocycles. The average molecular weight is 705 g/mol. The van der Waals surface area contributed by atoms with Crippen molar-refractivity contribution in [2.75, 3.05) is 26.3 Å². The maximum Gasteiger partial charge on any atom is 0.407 e. The third kappa shape index (κ3) is 9.06. The van der Waals surface area contributed by atoms with E-state index in [0.717, 1.165) is 32.7 Å². The van der Waals surface area contributed by atoms with E-state index in [4.69, 9.17) is 18.9 Å².